The monoisotopic (exact) mass is 196 g/mol. The van der Waals surface area contributed by atoms with Crippen molar-refractivity contribution in [3.63, 3.8) is 0 Å². The van der Waals surface area contributed by atoms with E-state index in [0.717, 1.165) is 12.1 Å². The van der Waals surface area contributed by atoms with E-state index in [1.54, 1.807) is 0 Å². The summed E-state index contributed by atoms with van der Waals surface area (Å²) in [5.41, 5.74) is 0.197. The predicted molar refractivity (Wildman–Crippen MR) is 46.8 cm³/mol. The molecule has 0 aliphatic carbocycles. The molecule has 0 fully saturated rings. The molecular weight excluding hydrogens is 189 g/mol. The third kappa shape index (κ3) is 2.37. The fraction of sp³-hybridized carbons (Fsp3) is 0.111. The Hall–Kier alpha value is -1.75. The molecule has 4 nitrogen and oxygen atoms in total. The van der Waals surface area contributed by atoms with Gasteiger partial charge in [-0.1, -0.05) is 12.1 Å². The zero-order valence-electron chi connectivity index (χ0n) is 7.14. The summed E-state index contributed by atoms with van der Waals surface area (Å²) in [6.07, 6.45) is 1.78. The lowest BCUT2D eigenvalue weighted by Crippen LogP contribution is -1.93. The summed E-state index contributed by atoms with van der Waals surface area (Å²) in [7, 11) is 0. The maximum atomic E-state index is 13.0. The number of nitro groups is 1. The van der Waals surface area contributed by atoms with Crippen LogP contribution in [0.1, 0.15) is 11.1 Å². The van der Waals surface area contributed by atoms with Gasteiger partial charge in [0.05, 0.1) is 4.92 Å². The molecule has 0 aliphatic rings. The van der Waals surface area contributed by atoms with Crippen LogP contribution in [-0.4, -0.2) is 4.92 Å². The van der Waals surface area contributed by atoms with Gasteiger partial charge in [-0.05, 0) is 11.6 Å². The minimum atomic E-state index is -0.732. The van der Waals surface area contributed by atoms with Crippen LogP contribution in [-0.2, 0) is 11.7 Å². The Balaban J connectivity index is 3.08. The lowest BCUT2D eigenvalue weighted by atomic mass is 10.1. The summed E-state index contributed by atoms with van der Waals surface area (Å²) in [5.74, 6) is -0.634. The Morgan fingerprint density at radius 3 is 2.79 bits per heavy atom. The fourth-order valence-corrected chi connectivity index (χ4v) is 1.02. The van der Waals surface area contributed by atoms with Crippen molar-refractivity contribution in [3.05, 3.63) is 51.5 Å². The van der Waals surface area contributed by atoms with E-state index >= 15 is 0 Å². The van der Waals surface area contributed by atoms with Gasteiger partial charge in [-0.3, -0.25) is 10.1 Å². The molecule has 1 aromatic carbocycles. The number of rotatable bonds is 3. The van der Waals surface area contributed by atoms with Crippen molar-refractivity contribution < 1.29 is 14.4 Å². The molecule has 0 aliphatic heterocycles. The molecule has 1 rings (SSSR count). The van der Waals surface area contributed by atoms with Crippen LogP contribution >= 0.6 is 0 Å². The van der Waals surface area contributed by atoms with E-state index in [4.69, 9.17) is 0 Å². The van der Waals surface area contributed by atoms with E-state index in [9.17, 15) is 19.6 Å². The van der Waals surface area contributed by atoms with Gasteiger partial charge < -0.3 is 0 Å². The largest absolute Gasteiger partial charge is 0.259 e. The van der Waals surface area contributed by atoms with Crippen LogP contribution in [0.2, 0.25) is 0 Å². The number of hydrogen-bond donors (Lipinski definition) is 0. The Labute approximate surface area is 79.4 Å². The van der Waals surface area contributed by atoms with Gasteiger partial charge in [0.1, 0.15) is 12.4 Å². The number of benzene rings is 1. The van der Waals surface area contributed by atoms with E-state index in [2.05, 4.69) is 0 Å². The Morgan fingerprint density at radius 1 is 1.50 bits per heavy atom. The van der Waals surface area contributed by atoms with Gasteiger partial charge in [0, 0.05) is 11.6 Å². The Morgan fingerprint density at radius 2 is 2.21 bits per heavy atom. The fourth-order valence-electron chi connectivity index (χ4n) is 1.02. The molecule has 14 heavy (non-hydrogen) atoms. The van der Waals surface area contributed by atoms with E-state index in [1.807, 2.05) is 0 Å². The van der Waals surface area contributed by atoms with Crippen LogP contribution in [0.25, 0.3) is 6.08 Å². The summed E-state index contributed by atoms with van der Waals surface area (Å²) in [6.45, 7) is -0.732. The molecule has 0 bridgehead atoms. The maximum Gasteiger partial charge on any atom is 0.235 e. The molecule has 1 aromatic rings. The molecule has 0 aromatic heterocycles. The van der Waals surface area contributed by atoms with Gasteiger partial charge >= 0.3 is 0 Å². The van der Waals surface area contributed by atoms with Gasteiger partial charge in [0.15, 0.2) is 0 Å². The van der Waals surface area contributed by atoms with Crippen LogP contribution in [0.5, 0.6) is 0 Å². The second-order valence-corrected chi connectivity index (χ2v) is 2.55. The molecule has 1 radical (unpaired) electrons. The predicted octanol–water partition coefficient (Wildman–Crippen LogP) is 2.00. The van der Waals surface area contributed by atoms with Crippen molar-refractivity contribution in [2.75, 3.05) is 0 Å². The zero-order chi connectivity index (χ0) is 10.6. The van der Waals surface area contributed by atoms with Gasteiger partial charge in [-0.2, -0.15) is 0 Å². The van der Waals surface area contributed by atoms with Gasteiger partial charge in [-0.15, -0.1) is 0 Å². The summed E-state index contributed by atoms with van der Waals surface area (Å²) < 4.78 is 13.0. The minimum Gasteiger partial charge on any atom is -0.259 e. The average Bonchev–Trinajstić information content (AvgIpc) is 2.14. The highest BCUT2D eigenvalue weighted by atomic mass is 19.1. The zero-order valence-corrected chi connectivity index (χ0v) is 7.14. The van der Waals surface area contributed by atoms with Crippen molar-refractivity contribution in [3.8, 4) is 0 Å². The molecule has 0 heterocycles. The summed E-state index contributed by atoms with van der Waals surface area (Å²) >= 11 is 0. The number of nitrogens with zero attached hydrogens (tertiary/aromatic N) is 1. The lowest BCUT2D eigenvalue weighted by Gasteiger charge is -2.01. The SMILES string of the molecule is [O]Cc1c(F)cccc1/C=C/[N+](=O)[O-]. The first kappa shape index (κ1) is 10.3. The third-order valence-corrected chi connectivity index (χ3v) is 1.68. The summed E-state index contributed by atoms with van der Waals surface area (Å²) in [4.78, 5) is 9.34. The molecule has 73 valence electrons. The third-order valence-electron chi connectivity index (χ3n) is 1.68. The molecular formula is C9H7FNO3. The molecule has 0 N–H and O–H groups in total. The highest BCUT2D eigenvalue weighted by molar-refractivity contribution is 5.52. The van der Waals surface area contributed by atoms with Crippen molar-refractivity contribution in [1.82, 2.24) is 0 Å². The molecule has 0 amide bonds. The number of hydrogen-bond acceptors (Lipinski definition) is 2. The van der Waals surface area contributed by atoms with Gasteiger partial charge in [0.25, 0.3) is 0 Å². The van der Waals surface area contributed by atoms with Crippen LogP contribution < -0.4 is 0 Å². The normalized spacial score (nSPS) is 10.7. The van der Waals surface area contributed by atoms with Crippen molar-refractivity contribution >= 4 is 6.08 Å². The molecule has 5 heteroatoms. The Kier molecular flexibility index (Phi) is 3.30. The topological polar surface area (TPSA) is 63.0 Å². The molecule has 0 unspecified atom stereocenters. The van der Waals surface area contributed by atoms with Crippen LogP contribution in [0.4, 0.5) is 4.39 Å². The lowest BCUT2D eigenvalue weighted by molar-refractivity contribution is -0.400. The average molecular weight is 196 g/mol. The van der Waals surface area contributed by atoms with E-state index in [0.29, 0.717) is 6.20 Å². The highest BCUT2D eigenvalue weighted by Gasteiger charge is 2.05. The van der Waals surface area contributed by atoms with Crippen LogP contribution in [0, 0.1) is 15.9 Å². The first-order chi connectivity index (χ1) is 6.65. The van der Waals surface area contributed by atoms with E-state index in [1.165, 1.54) is 12.1 Å². The summed E-state index contributed by atoms with van der Waals surface area (Å²) in [6, 6.07) is 4.00. The van der Waals surface area contributed by atoms with Gasteiger partial charge in [0.2, 0.25) is 6.20 Å². The highest BCUT2D eigenvalue weighted by Crippen LogP contribution is 2.15. The first-order valence-electron chi connectivity index (χ1n) is 3.82. The first-order valence-corrected chi connectivity index (χ1v) is 3.82. The second-order valence-electron chi connectivity index (χ2n) is 2.55. The quantitative estimate of drug-likeness (QED) is 0.548. The minimum absolute atomic E-state index is 0.0504. The number of halogens is 1. The summed E-state index contributed by atoms with van der Waals surface area (Å²) in [5, 5.41) is 20.6. The van der Waals surface area contributed by atoms with Crippen LogP contribution in [0.3, 0.4) is 0 Å². The molecule has 0 saturated carbocycles. The van der Waals surface area contributed by atoms with Crippen molar-refractivity contribution in [2.24, 2.45) is 0 Å². The molecule has 0 saturated heterocycles. The Bertz CT molecular complexity index is 376. The van der Waals surface area contributed by atoms with E-state index in [-0.39, 0.29) is 11.1 Å². The van der Waals surface area contributed by atoms with Crippen molar-refractivity contribution in [2.45, 2.75) is 6.61 Å². The van der Waals surface area contributed by atoms with Crippen LogP contribution in [0.15, 0.2) is 24.4 Å². The van der Waals surface area contributed by atoms with Gasteiger partial charge in [-0.25, -0.2) is 9.50 Å². The smallest absolute Gasteiger partial charge is 0.235 e. The second kappa shape index (κ2) is 4.48. The molecule has 0 spiro atoms. The van der Waals surface area contributed by atoms with E-state index < -0.39 is 17.3 Å². The standard InChI is InChI=1S/C9H7FNO3/c10-9-3-1-2-7(8(9)6-12)4-5-11(13)14/h1-5H,6H2/b5-4+. The molecule has 0 atom stereocenters. The maximum absolute atomic E-state index is 13.0. The van der Waals surface area contributed by atoms with Crippen molar-refractivity contribution in [1.29, 1.82) is 0 Å².